The number of carbonyl (C=O) groups excluding carboxylic acids is 1. The molecule has 0 radical (unpaired) electrons. The van der Waals surface area contributed by atoms with E-state index in [-0.39, 0.29) is 19.1 Å². The molecule has 2 aromatic carbocycles. The molecule has 1 amide bonds. The fourth-order valence-corrected chi connectivity index (χ4v) is 2.94. The number of halogens is 3. The van der Waals surface area contributed by atoms with Gasteiger partial charge in [0.15, 0.2) is 4.77 Å². The summed E-state index contributed by atoms with van der Waals surface area (Å²) >= 11 is 5.27. The lowest BCUT2D eigenvalue weighted by molar-refractivity contribution is -0.176. The predicted molar refractivity (Wildman–Crippen MR) is 104 cm³/mol. The van der Waals surface area contributed by atoms with Crippen LogP contribution in [0.15, 0.2) is 60.8 Å². The zero-order valence-corrected chi connectivity index (χ0v) is 16.0. The Balaban J connectivity index is 1.60. The minimum Gasteiger partial charge on any atom is -0.367 e. The van der Waals surface area contributed by atoms with E-state index in [0.717, 1.165) is 11.3 Å². The molecule has 0 spiro atoms. The Kier molecular flexibility index (Phi) is 6.50. The van der Waals surface area contributed by atoms with E-state index < -0.39 is 12.8 Å². The second kappa shape index (κ2) is 9.06. The van der Waals surface area contributed by atoms with Gasteiger partial charge in [0.25, 0.3) is 5.91 Å². The molecule has 0 atom stereocenters. The summed E-state index contributed by atoms with van der Waals surface area (Å²) in [5.41, 5.74) is 2.57. The summed E-state index contributed by atoms with van der Waals surface area (Å²) in [5, 5.41) is 2.82. The molecule has 0 aliphatic rings. The molecule has 3 aromatic rings. The molecule has 29 heavy (non-hydrogen) atoms. The van der Waals surface area contributed by atoms with Gasteiger partial charge in [-0.15, -0.1) is 0 Å². The smallest absolute Gasteiger partial charge is 0.367 e. The number of ether oxygens (including phenoxy) is 1. The van der Waals surface area contributed by atoms with E-state index in [2.05, 4.69) is 15.0 Å². The normalized spacial score (nSPS) is 11.4. The number of nitrogens with one attached hydrogen (secondary N) is 2. The second-order valence-electron chi connectivity index (χ2n) is 6.26. The number of alkyl halides is 3. The third kappa shape index (κ3) is 5.78. The molecule has 1 aromatic heterocycles. The van der Waals surface area contributed by atoms with Crippen molar-refractivity contribution in [3.8, 4) is 5.69 Å². The molecule has 0 bridgehead atoms. The maximum absolute atomic E-state index is 12.6. The van der Waals surface area contributed by atoms with Gasteiger partial charge in [0.05, 0.1) is 6.61 Å². The summed E-state index contributed by atoms with van der Waals surface area (Å²) < 4.78 is 43.0. The van der Waals surface area contributed by atoms with Gasteiger partial charge in [-0.05, 0) is 35.5 Å². The number of benzene rings is 2. The third-order valence-corrected chi connectivity index (χ3v) is 4.33. The lowest BCUT2D eigenvalue weighted by Crippen LogP contribution is -2.25. The van der Waals surface area contributed by atoms with Crippen molar-refractivity contribution in [1.82, 2.24) is 14.9 Å². The summed E-state index contributed by atoms with van der Waals surface area (Å²) in [6.45, 7) is -1.16. The molecule has 0 unspecified atom stereocenters. The van der Waals surface area contributed by atoms with E-state index in [1.54, 1.807) is 35.0 Å². The molecule has 0 saturated heterocycles. The highest BCUT2D eigenvalue weighted by molar-refractivity contribution is 7.71. The molecule has 9 heteroatoms. The van der Waals surface area contributed by atoms with Gasteiger partial charge in [-0.2, -0.15) is 13.2 Å². The Bertz CT molecular complexity index is 1010. The van der Waals surface area contributed by atoms with Crippen molar-refractivity contribution in [2.45, 2.75) is 19.3 Å². The number of aromatic nitrogens is 2. The number of hydrogen-bond donors (Lipinski definition) is 2. The number of H-pyrrole nitrogens is 1. The van der Waals surface area contributed by atoms with Gasteiger partial charge in [0, 0.05) is 18.4 Å². The Morgan fingerprint density at radius 2 is 1.72 bits per heavy atom. The lowest BCUT2D eigenvalue weighted by Gasteiger charge is -2.10. The fraction of sp³-hybridized carbons (Fsp3) is 0.200. The number of hydrogen-bond acceptors (Lipinski definition) is 3. The summed E-state index contributed by atoms with van der Waals surface area (Å²) in [6.07, 6.45) is -2.80. The maximum atomic E-state index is 12.6. The molecular formula is C20H18F3N3O2S. The molecule has 0 fully saturated rings. The monoisotopic (exact) mass is 421 g/mol. The van der Waals surface area contributed by atoms with Crippen molar-refractivity contribution >= 4 is 18.1 Å². The third-order valence-electron chi connectivity index (χ3n) is 4.03. The quantitative estimate of drug-likeness (QED) is 0.551. The minimum atomic E-state index is -4.34. The number of para-hydroxylation sites is 1. The topological polar surface area (TPSA) is 59.0 Å². The Labute approximate surface area is 170 Å². The highest BCUT2D eigenvalue weighted by Crippen LogP contribution is 2.16. The molecule has 5 nitrogen and oxygen atoms in total. The molecule has 1 heterocycles. The van der Waals surface area contributed by atoms with Crippen LogP contribution in [0.3, 0.4) is 0 Å². The van der Waals surface area contributed by atoms with Gasteiger partial charge in [-0.25, -0.2) is 0 Å². The predicted octanol–water partition coefficient (Wildman–Crippen LogP) is 4.54. The summed E-state index contributed by atoms with van der Waals surface area (Å²) in [5.74, 6) is -0.307. The van der Waals surface area contributed by atoms with E-state index in [0.29, 0.717) is 16.0 Å². The average molecular weight is 421 g/mol. The Morgan fingerprint density at radius 3 is 2.38 bits per heavy atom. The maximum Gasteiger partial charge on any atom is 0.411 e. The lowest BCUT2D eigenvalue weighted by atomic mass is 10.1. The van der Waals surface area contributed by atoms with Crippen LogP contribution in [0.4, 0.5) is 13.2 Å². The van der Waals surface area contributed by atoms with E-state index >= 15 is 0 Å². The van der Waals surface area contributed by atoms with E-state index in [9.17, 15) is 18.0 Å². The summed E-state index contributed by atoms with van der Waals surface area (Å²) in [6, 6.07) is 16.1. The average Bonchev–Trinajstić information content (AvgIpc) is 3.08. The van der Waals surface area contributed by atoms with Crippen molar-refractivity contribution in [1.29, 1.82) is 0 Å². The zero-order valence-electron chi connectivity index (χ0n) is 15.2. The Hall–Kier alpha value is -2.91. The first-order chi connectivity index (χ1) is 13.8. The van der Waals surface area contributed by atoms with Crippen molar-refractivity contribution < 1.29 is 22.7 Å². The SMILES string of the molecule is O=C(NCc1ccc(COCC(F)(F)F)cc1)c1c[nH]c(=S)n1-c1ccccc1. The van der Waals surface area contributed by atoms with Crippen molar-refractivity contribution in [3.63, 3.8) is 0 Å². The highest BCUT2D eigenvalue weighted by atomic mass is 32.1. The van der Waals surface area contributed by atoms with Crippen LogP contribution in [0.25, 0.3) is 5.69 Å². The number of amides is 1. The summed E-state index contributed by atoms with van der Waals surface area (Å²) in [4.78, 5) is 15.5. The minimum absolute atomic E-state index is 0.131. The Morgan fingerprint density at radius 1 is 1.07 bits per heavy atom. The fourth-order valence-electron chi connectivity index (χ4n) is 2.68. The van der Waals surface area contributed by atoms with Gasteiger partial charge in [-0.3, -0.25) is 9.36 Å². The van der Waals surface area contributed by atoms with Crippen LogP contribution >= 0.6 is 12.2 Å². The standard InChI is InChI=1S/C20H18F3N3O2S/c21-20(22,23)13-28-12-15-8-6-14(7-9-15)10-24-18(27)17-11-25-19(29)26(17)16-4-2-1-3-5-16/h1-9,11H,10,12-13H2,(H,24,27)(H,25,29). The number of aromatic amines is 1. The van der Waals surface area contributed by atoms with Gasteiger partial charge in [-0.1, -0.05) is 42.5 Å². The van der Waals surface area contributed by atoms with Crippen LogP contribution in [0.5, 0.6) is 0 Å². The first-order valence-corrected chi connectivity index (χ1v) is 9.11. The van der Waals surface area contributed by atoms with Crippen molar-refractivity contribution in [2.75, 3.05) is 6.61 Å². The molecule has 0 aliphatic carbocycles. The van der Waals surface area contributed by atoms with Crippen LogP contribution < -0.4 is 5.32 Å². The van der Waals surface area contributed by atoms with E-state index in [4.69, 9.17) is 12.2 Å². The highest BCUT2D eigenvalue weighted by Gasteiger charge is 2.27. The van der Waals surface area contributed by atoms with Crippen LogP contribution in [-0.4, -0.2) is 28.2 Å². The van der Waals surface area contributed by atoms with Crippen LogP contribution in [0.1, 0.15) is 21.6 Å². The number of rotatable bonds is 7. The van der Waals surface area contributed by atoms with Crippen LogP contribution in [0.2, 0.25) is 0 Å². The van der Waals surface area contributed by atoms with Gasteiger partial charge < -0.3 is 15.0 Å². The zero-order chi connectivity index (χ0) is 20.9. The van der Waals surface area contributed by atoms with Crippen molar-refractivity contribution in [3.05, 3.63) is 82.4 Å². The first kappa shape index (κ1) is 20.8. The molecule has 0 aliphatic heterocycles. The number of nitrogens with zero attached hydrogens (tertiary/aromatic N) is 1. The van der Waals surface area contributed by atoms with E-state index in [1.807, 2.05) is 30.3 Å². The van der Waals surface area contributed by atoms with Crippen LogP contribution in [-0.2, 0) is 17.9 Å². The number of imidazole rings is 1. The first-order valence-electron chi connectivity index (χ1n) is 8.70. The second-order valence-corrected chi connectivity index (χ2v) is 6.64. The molecule has 152 valence electrons. The number of carbonyl (C=O) groups is 1. The van der Waals surface area contributed by atoms with Gasteiger partial charge in [0.1, 0.15) is 12.3 Å². The molecule has 0 saturated carbocycles. The largest absolute Gasteiger partial charge is 0.411 e. The molecule has 2 N–H and O–H groups in total. The van der Waals surface area contributed by atoms with E-state index in [1.165, 1.54) is 0 Å². The van der Waals surface area contributed by atoms with Gasteiger partial charge >= 0.3 is 6.18 Å². The van der Waals surface area contributed by atoms with Gasteiger partial charge in [0.2, 0.25) is 0 Å². The molecular weight excluding hydrogens is 403 g/mol. The van der Waals surface area contributed by atoms with Crippen molar-refractivity contribution in [2.24, 2.45) is 0 Å². The van der Waals surface area contributed by atoms with Crippen LogP contribution in [0, 0.1) is 4.77 Å². The summed E-state index contributed by atoms with van der Waals surface area (Å²) in [7, 11) is 0. The molecule has 3 rings (SSSR count).